The minimum absolute atomic E-state index is 0.0749. The molecule has 2 aromatic carbocycles. The molecule has 0 spiro atoms. The van der Waals surface area contributed by atoms with Gasteiger partial charge in [-0.1, -0.05) is 12.1 Å². The first-order valence-electron chi connectivity index (χ1n) is 13.2. The fourth-order valence-electron chi connectivity index (χ4n) is 5.80. The Morgan fingerprint density at radius 3 is 2.61 bits per heavy atom. The van der Waals surface area contributed by atoms with Gasteiger partial charge in [-0.3, -0.25) is 9.59 Å². The molecule has 0 atom stereocenters. The minimum Gasteiger partial charge on any atom is -0.353 e. The number of amides is 1. The molecule has 1 saturated carbocycles. The maximum absolute atomic E-state index is 12.7. The monoisotopic (exact) mass is 482 g/mol. The van der Waals surface area contributed by atoms with E-state index in [4.69, 9.17) is 0 Å². The van der Waals surface area contributed by atoms with Crippen LogP contribution in [0.1, 0.15) is 54.4 Å². The molecule has 2 N–H and O–H groups in total. The van der Waals surface area contributed by atoms with E-state index in [1.807, 2.05) is 24.3 Å². The molecule has 2 heterocycles. The van der Waals surface area contributed by atoms with Gasteiger partial charge in [-0.2, -0.15) is 5.26 Å². The summed E-state index contributed by atoms with van der Waals surface area (Å²) in [6, 6.07) is 17.8. The van der Waals surface area contributed by atoms with Gasteiger partial charge in [-0.25, -0.2) is 0 Å². The van der Waals surface area contributed by atoms with Crippen LogP contribution in [0, 0.1) is 17.2 Å². The Morgan fingerprint density at radius 1 is 1.00 bits per heavy atom. The Bertz CT molecular complexity index is 1330. The number of carbonyl (C=O) groups is 1. The van der Waals surface area contributed by atoms with E-state index < -0.39 is 0 Å². The van der Waals surface area contributed by atoms with Crippen molar-refractivity contribution in [2.75, 3.05) is 19.6 Å². The summed E-state index contributed by atoms with van der Waals surface area (Å²) in [5.41, 5.74) is 5.14. The van der Waals surface area contributed by atoms with E-state index in [2.05, 4.69) is 33.4 Å². The van der Waals surface area contributed by atoms with E-state index in [1.54, 1.807) is 6.07 Å². The van der Waals surface area contributed by atoms with Gasteiger partial charge in [0.2, 0.25) is 11.5 Å². The SMILES string of the molecule is N#Cc1ccc2c(c1)CCN(CCC1CCC(NC(=O)Cc3ccc4[nH]c(=O)ccc4c3)CC1)CC2. The van der Waals surface area contributed by atoms with E-state index in [0.717, 1.165) is 73.3 Å². The van der Waals surface area contributed by atoms with Gasteiger partial charge in [-0.05, 0) is 110 Å². The molecule has 1 fully saturated rings. The molecule has 0 radical (unpaired) electrons. The number of hydrogen-bond donors (Lipinski definition) is 2. The second-order valence-electron chi connectivity index (χ2n) is 10.4. The zero-order valence-electron chi connectivity index (χ0n) is 20.8. The number of benzene rings is 2. The molecule has 1 aliphatic carbocycles. The van der Waals surface area contributed by atoms with Crippen molar-refractivity contribution in [3.63, 3.8) is 0 Å². The number of nitrogens with zero attached hydrogens (tertiary/aromatic N) is 2. The number of aromatic nitrogens is 1. The number of pyridine rings is 1. The molecular formula is C30H34N4O2. The van der Waals surface area contributed by atoms with Gasteiger partial charge in [0.1, 0.15) is 0 Å². The van der Waals surface area contributed by atoms with Gasteiger partial charge in [0.05, 0.1) is 18.1 Å². The lowest BCUT2D eigenvalue weighted by Gasteiger charge is -2.30. The zero-order valence-corrected chi connectivity index (χ0v) is 20.8. The summed E-state index contributed by atoms with van der Waals surface area (Å²) in [7, 11) is 0. The van der Waals surface area contributed by atoms with Crippen molar-refractivity contribution in [2.24, 2.45) is 5.92 Å². The van der Waals surface area contributed by atoms with E-state index in [9.17, 15) is 14.9 Å². The zero-order chi connectivity index (χ0) is 24.9. The maximum Gasteiger partial charge on any atom is 0.248 e. The maximum atomic E-state index is 12.7. The lowest BCUT2D eigenvalue weighted by atomic mass is 9.84. The van der Waals surface area contributed by atoms with Crippen LogP contribution >= 0.6 is 0 Å². The molecule has 186 valence electrons. The molecule has 5 rings (SSSR count). The van der Waals surface area contributed by atoms with Gasteiger partial charge in [0.15, 0.2) is 0 Å². The fraction of sp³-hybridized carbons (Fsp3) is 0.433. The van der Waals surface area contributed by atoms with Crippen LogP contribution in [0.3, 0.4) is 0 Å². The topological polar surface area (TPSA) is 89.0 Å². The van der Waals surface area contributed by atoms with Crippen LogP contribution in [-0.4, -0.2) is 41.5 Å². The average Bonchev–Trinajstić information content (AvgIpc) is 3.10. The number of H-pyrrole nitrogens is 1. The van der Waals surface area contributed by atoms with Gasteiger partial charge < -0.3 is 15.2 Å². The summed E-state index contributed by atoms with van der Waals surface area (Å²) >= 11 is 0. The molecule has 0 bridgehead atoms. The molecule has 0 saturated heterocycles. The van der Waals surface area contributed by atoms with Crippen LogP contribution in [-0.2, 0) is 24.1 Å². The van der Waals surface area contributed by atoms with Crippen LogP contribution in [0.15, 0.2) is 53.3 Å². The second kappa shape index (κ2) is 11.1. The Kier molecular flexibility index (Phi) is 7.48. The summed E-state index contributed by atoms with van der Waals surface area (Å²) in [4.78, 5) is 29.5. The Balaban J connectivity index is 1.04. The third-order valence-corrected chi connectivity index (χ3v) is 7.95. The lowest BCUT2D eigenvalue weighted by Crippen LogP contribution is -2.39. The number of carbonyl (C=O) groups excluding carboxylic acids is 1. The van der Waals surface area contributed by atoms with Gasteiger partial charge in [-0.15, -0.1) is 0 Å². The van der Waals surface area contributed by atoms with E-state index in [1.165, 1.54) is 36.5 Å². The smallest absolute Gasteiger partial charge is 0.248 e. The molecule has 1 aliphatic heterocycles. The highest BCUT2D eigenvalue weighted by atomic mass is 16.1. The number of rotatable bonds is 6. The van der Waals surface area contributed by atoms with Gasteiger partial charge >= 0.3 is 0 Å². The van der Waals surface area contributed by atoms with Gasteiger partial charge in [0.25, 0.3) is 0 Å². The highest BCUT2D eigenvalue weighted by Crippen LogP contribution is 2.28. The van der Waals surface area contributed by atoms with Gasteiger partial charge in [0, 0.05) is 30.7 Å². The number of hydrogen-bond acceptors (Lipinski definition) is 4. The summed E-state index contributed by atoms with van der Waals surface area (Å²) in [6.45, 7) is 3.29. The van der Waals surface area contributed by atoms with E-state index in [0.29, 0.717) is 6.42 Å². The number of aromatic amines is 1. The summed E-state index contributed by atoms with van der Waals surface area (Å²) in [5, 5.41) is 13.4. The van der Waals surface area contributed by atoms with E-state index >= 15 is 0 Å². The van der Waals surface area contributed by atoms with E-state index in [-0.39, 0.29) is 17.5 Å². The Labute approximate surface area is 212 Å². The van der Waals surface area contributed by atoms with Crippen molar-refractivity contribution < 1.29 is 4.79 Å². The quantitative estimate of drug-likeness (QED) is 0.553. The summed E-state index contributed by atoms with van der Waals surface area (Å²) in [5.74, 6) is 0.808. The van der Waals surface area contributed by atoms with Crippen molar-refractivity contribution in [1.29, 1.82) is 5.26 Å². The fourth-order valence-corrected chi connectivity index (χ4v) is 5.80. The highest BCUT2D eigenvalue weighted by Gasteiger charge is 2.23. The predicted molar refractivity (Wildman–Crippen MR) is 142 cm³/mol. The molecule has 6 heteroatoms. The van der Waals surface area contributed by atoms with Crippen molar-refractivity contribution in [3.05, 3.63) is 81.1 Å². The molecule has 1 aromatic heterocycles. The molecule has 0 unspecified atom stereocenters. The summed E-state index contributed by atoms with van der Waals surface area (Å²) in [6.07, 6.45) is 8.13. The average molecular weight is 483 g/mol. The number of fused-ring (bicyclic) bond motifs is 2. The molecule has 6 nitrogen and oxygen atoms in total. The summed E-state index contributed by atoms with van der Waals surface area (Å²) < 4.78 is 0. The first-order chi connectivity index (χ1) is 17.6. The Morgan fingerprint density at radius 2 is 1.81 bits per heavy atom. The third kappa shape index (κ3) is 6.03. The first-order valence-corrected chi connectivity index (χ1v) is 13.2. The van der Waals surface area contributed by atoms with Crippen LogP contribution < -0.4 is 10.9 Å². The molecule has 36 heavy (non-hydrogen) atoms. The normalized spacial score (nSPS) is 20.3. The highest BCUT2D eigenvalue weighted by molar-refractivity contribution is 5.83. The minimum atomic E-state index is -0.115. The molecular weight excluding hydrogens is 448 g/mol. The molecule has 1 amide bonds. The van der Waals surface area contributed by atoms with Crippen molar-refractivity contribution in [1.82, 2.24) is 15.2 Å². The first kappa shape index (κ1) is 24.3. The Hall–Kier alpha value is -3.43. The van der Waals surface area contributed by atoms with Crippen molar-refractivity contribution in [3.8, 4) is 6.07 Å². The van der Waals surface area contributed by atoms with Crippen molar-refractivity contribution in [2.45, 2.75) is 57.4 Å². The molecule has 2 aliphatic rings. The van der Waals surface area contributed by atoms with Crippen LogP contribution in [0.4, 0.5) is 0 Å². The number of nitriles is 1. The standard InChI is InChI=1S/C30H34N4O2/c31-20-23-1-5-24-12-15-34(16-13-25(24)18-23)14-11-21-2-7-27(8-3-21)32-30(36)19-22-4-9-28-26(17-22)6-10-29(35)33-28/h1,4-6,9-10,17-18,21,27H,2-3,7-8,11-16,19H2,(H,32,36)(H,33,35). The van der Waals surface area contributed by atoms with Crippen molar-refractivity contribution >= 4 is 16.8 Å². The molecule has 3 aromatic rings. The number of nitrogens with one attached hydrogen (secondary N) is 2. The second-order valence-corrected chi connectivity index (χ2v) is 10.4. The van der Waals surface area contributed by atoms with Crippen LogP contribution in [0.2, 0.25) is 0 Å². The predicted octanol–water partition coefficient (Wildman–Crippen LogP) is 4.11. The van der Waals surface area contributed by atoms with Crippen LogP contribution in [0.25, 0.3) is 10.9 Å². The third-order valence-electron chi connectivity index (χ3n) is 7.95. The van der Waals surface area contributed by atoms with Crippen LogP contribution in [0.5, 0.6) is 0 Å². The lowest BCUT2D eigenvalue weighted by molar-refractivity contribution is -0.121. The largest absolute Gasteiger partial charge is 0.353 e.